The van der Waals surface area contributed by atoms with Crippen LogP contribution >= 0.6 is 0 Å². The summed E-state index contributed by atoms with van der Waals surface area (Å²) in [6.07, 6.45) is 5.52. The van der Waals surface area contributed by atoms with Crippen molar-refractivity contribution in [3.63, 3.8) is 0 Å². The van der Waals surface area contributed by atoms with E-state index >= 15 is 0 Å². The number of nitrogens with zero attached hydrogens (tertiary/aromatic N) is 1. The normalized spacial score (nSPS) is 19.1. The van der Waals surface area contributed by atoms with Crippen LogP contribution in [0.4, 0.5) is 0 Å². The minimum absolute atomic E-state index is 0.0235. The molecule has 0 radical (unpaired) electrons. The fourth-order valence-corrected chi connectivity index (χ4v) is 1.84. The van der Waals surface area contributed by atoms with Crippen molar-refractivity contribution in [1.29, 1.82) is 0 Å². The number of aliphatic carboxylic acids is 1. The van der Waals surface area contributed by atoms with Gasteiger partial charge >= 0.3 is 5.97 Å². The van der Waals surface area contributed by atoms with Gasteiger partial charge in [-0.15, -0.1) is 0 Å². The molecule has 4 nitrogen and oxygen atoms in total. The molecule has 1 fully saturated rings. The van der Waals surface area contributed by atoms with Crippen LogP contribution < -0.4 is 5.32 Å². The van der Waals surface area contributed by atoms with Crippen molar-refractivity contribution in [2.24, 2.45) is 5.92 Å². The third kappa shape index (κ3) is 2.58. The highest BCUT2D eigenvalue weighted by Crippen LogP contribution is 2.33. The van der Waals surface area contributed by atoms with Crippen molar-refractivity contribution in [2.45, 2.75) is 31.8 Å². The molecule has 86 valence electrons. The number of rotatable bonds is 5. The molecule has 1 aliphatic rings. The summed E-state index contributed by atoms with van der Waals surface area (Å²) in [6, 6.07) is 3.42. The molecular formula is C12H16N2O2. The first-order valence-corrected chi connectivity index (χ1v) is 5.57. The highest BCUT2D eigenvalue weighted by atomic mass is 16.4. The molecule has 1 aliphatic carbocycles. The Labute approximate surface area is 94.7 Å². The van der Waals surface area contributed by atoms with Gasteiger partial charge in [0.2, 0.25) is 0 Å². The van der Waals surface area contributed by atoms with Gasteiger partial charge < -0.3 is 5.11 Å². The lowest BCUT2D eigenvalue weighted by atomic mass is 10.1. The van der Waals surface area contributed by atoms with E-state index < -0.39 is 12.0 Å². The molecule has 0 spiro atoms. The summed E-state index contributed by atoms with van der Waals surface area (Å²) in [4.78, 5) is 15.1. The minimum atomic E-state index is -0.752. The van der Waals surface area contributed by atoms with Crippen LogP contribution in [0.5, 0.6) is 0 Å². The Bertz CT molecular complexity index is 363. The first-order valence-electron chi connectivity index (χ1n) is 5.57. The van der Waals surface area contributed by atoms with Gasteiger partial charge in [-0.2, -0.15) is 0 Å². The van der Waals surface area contributed by atoms with Gasteiger partial charge in [-0.25, -0.2) is 0 Å². The molecular weight excluding hydrogens is 204 g/mol. The van der Waals surface area contributed by atoms with Crippen LogP contribution in [0.2, 0.25) is 0 Å². The zero-order valence-corrected chi connectivity index (χ0v) is 9.26. The summed E-state index contributed by atoms with van der Waals surface area (Å²) < 4.78 is 0. The van der Waals surface area contributed by atoms with Crippen molar-refractivity contribution in [2.75, 3.05) is 0 Å². The maximum absolute atomic E-state index is 11.1. The lowest BCUT2D eigenvalue weighted by molar-refractivity contribution is -0.140. The number of carbonyl (C=O) groups is 1. The van der Waals surface area contributed by atoms with Gasteiger partial charge in [0, 0.05) is 18.4 Å². The number of nitrogens with one attached hydrogen (secondary N) is 1. The van der Waals surface area contributed by atoms with Gasteiger partial charge in [0.05, 0.1) is 0 Å². The highest BCUT2D eigenvalue weighted by Gasteiger charge is 2.36. The monoisotopic (exact) mass is 220 g/mol. The summed E-state index contributed by atoms with van der Waals surface area (Å²) in [5, 5.41) is 12.3. The second-order valence-corrected chi connectivity index (χ2v) is 4.33. The summed E-state index contributed by atoms with van der Waals surface area (Å²) in [5.41, 5.74) is 1.02. The molecule has 4 heteroatoms. The molecule has 0 amide bonds. The van der Waals surface area contributed by atoms with Crippen LogP contribution in [-0.4, -0.2) is 22.1 Å². The SMILES string of the molecule is CC(NC(C(=O)O)C1CC1)c1cccnc1. The first kappa shape index (κ1) is 11.1. The van der Waals surface area contributed by atoms with Gasteiger partial charge in [-0.1, -0.05) is 6.07 Å². The lowest BCUT2D eigenvalue weighted by Crippen LogP contribution is -2.40. The standard InChI is InChI=1S/C12H16N2O2/c1-8(10-3-2-6-13-7-10)14-11(12(15)16)9-4-5-9/h2-3,6-9,11,14H,4-5H2,1H3,(H,15,16). The van der Waals surface area contributed by atoms with Crippen LogP contribution in [0.1, 0.15) is 31.4 Å². The highest BCUT2D eigenvalue weighted by molar-refractivity contribution is 5.74. The summed E-state index contributed by atoms with van der Waals surface area (Å²) in [6.45, 7) is 1.97. The van der Waals surface area contributed by atoms with Crippen LogP contribution in [0.3, 0.4) is 0 Å². The van der Waals surface area contributed by atoms with Crippen molar-refractivity contribution in [3.8, 4) is 0 Å². The number of pyridine rings is 1. The largest absolute Gasteiger partial charge is 0.480 e. The molecule has 2 atom stereocenters. The molecule has 2 rings (SSSR count). The van der Waals surface area contributed by atoms with Gasteiger partial charge in [-0.05, 0) is 37.3 Å². The maximum Gasteiger partial charge on any atom is 0.320 e. The van der Waals surface area contributed by atoms with Crippen molar-refractivity contribution in [3.05, 3.63) is 30.1 Å². The Morgan fingerprint density at radius 3 is 2.88 bits per heavy atom. The molecule has 1 saturated carbocycles. The average molecular weight is 220 g/mol. The third-order valence-corrected chi connectivity index (χ3v) is 2.97. The fourth-order valence-electron chi connectivity index (χ4n) is 1.84. The van der Waals surface area contributed by atoms with Gasteiger partial charge in [0.25, 0.3) is 0 Å². The van der Waals surface area contributed by atoms with E-state index in [1.165, 1.54) is 0 Å². The molecule has 0 saturated heterocycles. The molecule has 0 aliphatic heterocycles. The molecule has 1 heterocycles. The summed E-state index contributed by atoms with van der Waals surface area (Å²) in [7, 11) is 0. The maximum atomic E-state index is 11.1. The van der Waals surface area contributed by atoms with E-state index in [1.54, 1.807) is 12.4 Å². The number of carboxylic acids is 1. The molecule has 1 aromatic rings. The summed E-state index contributed by atoms with van der Waals surface area (Å²) >= 11 is 0. The zero-order valence-electron chi connectivity index (χ0n) is 9.26. The molecule has 1 aromatic heterocycles. The molecule has 16 heavy (non-hydrogen) atoms. The van der Waals surface area contributed by atoms with Crippen LogP contribution in [-0.2, 0) is 4.79 Å². The topological polar surface area (TPSA) is 62.2 Å². The third-order valence-electron chi connectivity index (χ3n) is 2.97. The van der Waals surface area contributed by atoms with Crippen LogP contribution in [0, 0.1) is 5.92 Å². The number of aromatic nitrogens is 1. The van der Waals surface area contributed by atoms with E-state index in [0.717, 1.165) is 18.4 Å². The van der Waals surface area contributed by atoms with Crippen molar-refractivity contribution in [1.82, 2.24) is 10.3 Å². The smallest absolute Gasteiger partial charge is 0.320 e. The predicted molar refractivity (Wildman–Crippen MR) is 59.9 cm³/mol. The average Bonchev–Trinajstić information content (AvgIpc) is 3.10. The minimum Gasteiger partial charge on any atom is -0.480 e. The van der Waals surface area contributed by atoms with E-state index in [-0.39, 0.29) is 6.04 Å². The van der Waals surface area contributed by atoms with Crippen LogP contribution in [0.15, 0.2) is 24.5 Å². The lowest BCUT2D eigenvalue weighted by Gasteiger charge is -2.19. The molecule has 2 N–H and O–H groups in total. The Morgan fingerprint density at radius 1 is 1.62 bits per heavy atom. The first-order chi connectivity index (χ1) is 7.68. The quantitative estimate of drug-likeness (QED) is 0.791. The number of carboxylic acid groups (broad SMARTS) is 1. The van der Waals surface area contributed by atoms with E-state index in [9.17, 15) is 4.79 Å². The van der Waals surface area contributed by atoms with Crippen molar-refractivity contribution >= 4 is 5.97 Å². The molecule has 0 aromatic carbocycles. The van der Waals surface area contributed by atoms with E-state index in [0.29, 0.717) is 5.92 Å². The van der Waals surface area contributed by atoms with E-state index in [2.05, 4.69) is 10.3 Å². The van der Waals surface area contributed by atoms with Gasteiger partial charge in [-0.3, -0.25) is 15.1 Å². The predicted octanol–water partition coefficient (Wildman–Crippen LogP) is 1.60. The molecule has 2 unspecified atom stereocenters. The molecule has 0 bridgehead atoms. The Morgan fingerprint density at radius 2 is 2.38 bits per heavy atom. The van der Waals surface area contributed by atoms with E-state index in [1.807, 2.05) is 19.1 Å². The van der Waals surface area contributed by atoms with Gasteiger partial charge in [0.15, 0.2) is 0 Å². The zero-order chi connectivity index (χ0) is 11.5. The second kappa shape index (κ2) is 4.61. The van der Waals surface area contributed by atoms with Crippen LogP contribution in [0.25, 0.3) is 0 Å². The number of hydrogen-bond donors (Lipinski definition) is 2. The van der Waals surface area contributed by atoms with Crippen molar-refractivity contribution < 1.29 is 9.90 Å². The fraction of sp³-hybridized carbons (Fsp3) is 0.500. The Hall–Kier alpha value is -1.42. The second-order valence-electron chi connectivity index (χ2n) is 4.33. The number of hydrogen-bond acceptors (Lipinski definition) is 3. The summed E-state index contributed by atoms with van der Waals surface area (Å²) in [5.74, 6) is -0.449. The Kier molecular flexibility index (Phi) is 3.19. The van der Waals surface area contributed by atoms with E-state index in [4.69, 9.17) is 5.11 Å². The Balaban J connectivity index is 2.00. The van der Waals surface area contributed by atoms with Gasteiger partial charge in [0.1, 0.15) is 6.04 Å².